The van der Waals surface area contributed by atoms with Gasteiger partial charge in [-0.1, -0.05) is 12.2 Å². The second kappa shape index (κ2) is 5.67. The van der Waals surface area contributed by atoms with Crippen LogP contribution in [0.3, 0.4) is 0 Å². The van der Waals surface area contributed by atoms with Crippen molar-refractivity contribution in [3.05, 3.63) is 29.3 Å². The van der Waals surface area contributed by atoms with Gasteiger partial charge < -0.3 is 15.4 Å². The van der Waals surface area contributed by atoms with Crippen LogP contribution in [0.4, 0.5) is 5.69 Å². The van der Waals surface area contributed by atoms with Crippen LogP contribution in [-0.4, -0.2) is 31.3 Å². The highest BCUT2D eigenvalue weighted by atomic mass is 32.1. The summed E-state index contributed by atoms with van der Waals surface area (Å²) in [6.07, 6.45) is 2.67. The van der Waals surface area contributed by atoms with Crippen LogP contribution in [0.1, 0.15) is 24.0 Å². The van der Waals surface area contributed by atoms with Gasteiger partial charge in [0.15, 0.2) is 0 Å². The molecule has 3 nitrogen and oxygen atoms in total. The molecule has 0 amide bonds. The van der Waals surface area contributed by atoms with Gasteiger partial charge in [0, 0.05) is 31.5 Å². The molecule has 1 aromatic rings. The molecule has 0 spiro atoms. The average Bonchev–Trinajstić information content (AvgIpc) is 2.38. The molecule has 1 aliphatic heterocycles. The average molecular weight is 264 g/mol. The van der Waals surface area contributed by atoms with Gasteiger partial charge >= 0.3 is 0 Å². The highest BCUT2D eigenvalue weighted by Crippen LogP contribution is 2.23. The number of nitrogens with zero attached hydrogens (tertiary/aromatic N) is 1. The summed E-state index contributed by atoms with van der Waals surface area (Å²) in [5, 5.41) is 0. The summed E-state index contributed by atoms with van der Waals surface area (Å²) in [7, 11) is 1.79. The van der Waals surface area contributed by atoms with Gasteiger partial charge in [-0.3, -0.25) is 0 Å². The van der Waals surface area contributed by atoms with Crippen LogP contribution >= 0.6 is 12.2 Å². The first-order chi connectivity index (χ1) is 8.61. The molecule has 0 aliphatic carbocycles. The highest BCUT2D eigenvalue weighted by Gasteiger charge is 2.20. The molecule has 2 N–H and O–H groups in total. The smallest absolute Gasteiger partial charge is 0.104 e. The third-order valence-corrected chi connectivity index (χ3v) is 3.77. The molecule has 0 bridgehead atoms. The van der Waals surface area contributed by atoms with Crippen molar-refractivity contribution >= 4 is 22.9 Å². The number of benzene rings is 1. The number of hydrogen-bond donors (Lipinski definition) is 1. The molecule has 98 valence electrons. The van der Waals surface area contributed by atoms with Crippen molar-refractivity contribution < 1.29 is 4.74 Å². The first kappa shape index (κ1) is 13.3. The second-order valence-electron chi connectivity index (χ2n) is 4.81. The number of rotatable bonds is 3. The van der Waals surface area contributed by atoms with Crippen molar-refractivity contribution in [2.75, 3.05) is 25.1 Å². The lowest BCUT2D eigenvalue weighted by Gasteiger charge is -2.34. The maximum absolute atomic E-state index is 5.68. The Labute approximate surface area is 114 Å². The van der Waals surface area contributed by atoms with E-state index < -0.39 is 0 Å². The lowest BCUT2D eigenvalue weighted by atomic mass is 10.0. The number of methoxy groups -OCH3 is 1. The quantitative estimate of drug-likeness (QED) is 0.850. The second-order valence-corrected chi connectivity index (χ2v) is 5.25. The minimum atomic E-state index is 0.342. The van der Waals surface area contributed by atoms with Gasteiger partial charge in [-0.15, -0.1) is 0 Å². The zero-order chi connectivity index (χ0) is 13.1. The SMILES string of the molecule is COC1CCCN(c2ccc(C(N)=S)c(C)c2)C1. The Bertz CT molecular complexity index is 447. The molecule has 4 heteroatoms. The lowest BCUT2D eigenvalue weighted by Crippen LogP contribution is -2.39. The van der Waals surface area contributed by atoms with E-state index in [1.807, 2.05) is 6.07 Å². The number of ether oxygens (including phenoxy) is 1. The fourth-order valence-corrected chi connectivity index (χ4v) is 2.72. The first-order valence-corrected chi connectivity index (χ1v) is 6.71. The molecule has 1 saturated heterocycles. The van der Waals surface area contributed by atoms with E-state index in [9.17, 15) is 0 Å². The van der Waals surface area contributed by atoms with E-state index in [2.05, 4.69) is 24.0 Å². The maximum atomic E-state index is 5.68. The van der Waals surface area contributed by atoms with Crippen molar-refractivity contribution in [3.63, 3.8) is 0 Å². The molecule has 2 rings (SSSR count). The van der Waals surface area contributed by atoms with E-state index in [1.165, 1.54) is 12.1 Å². The molecular formula is C14H20N2OS. The van der Waals surface area contributed by atoms with E-state index in [0.29, 0.717) is 11.1 Å². The molecule has 0 aromatic heterocycles. The molecule has 1 unspecified atom stereocenters. The van der Waals surface area contributed by atoms with Crippen molar-refractivity contribution in [1.29, 1.82) is 0 Å². The van der Waals surface area contributed by atoms with Crippen molar-refractivity contribution in [3.8, 4) is 0 Å². The third kappa shape index (κ3) is 2.82. The summed E-state index contributed by atoms with van der Waals surface area (Å²) in [6, 6.07) is 6.27. The van der Waals surface area contributed by atoms with Gasteiger partial charge in [-0.2, -0.15) is 0 Å². The minimum Gasteiger partial charge on any atom is -0.389 e. The summed E-state index contributed by atoms with van der Waals surface area (Å²) in [4.78, 5) is 2.83. The minimum absolute atomic E-state index is 0.342. The summed E-state index contributed by atoms with van der Waals surface area (Å²) in [6.45, 7) is 4.10. The molecule has 1 fully saturated rings. The van der Waals surface area contributed by atoms with Crippen LogP contribution in [0, 0.1) is 6.92 Å². The molecule has 1 atom stereocenters. The predicted octanol–water partition coefficient (Wildman–Crippen LogP) is 2.24. The fourth-order valence-electron chi connectivity index (χ4n) is 2.49. The lowest BCUT2D eigenvalue weighted by molar-refractivity contribution is 0.0893. The van der Waals surface area contributed by atoms with Crippen LogP contribution in [0.5, 0.6) is 0 Å². The zero-order valence-electron chi connectivity index (χ0n) is 11.0. The zero-order valence-corrected chi connectivity index (χ0v) is 11.8. The van der Waals surface area contributed by atoms with E-state index in [0.717, 1.165) is 30.6 Å². The number of thiocarbonyl (C=S) groups is 1. The van der Waals surface area contributed by atoms with E-state index >= 15 is 0 Å². The van der Waals surface area contributed by atoms with Crippen LogP contribution < -0.4 is 10.6 Å². The normalized spacial score (nSPS) is 19.9. The van der Waals surface area contributed by atoms with E-state index in [1.54, 1.807) is 7.11 Å². The Morgan fingerprint density at radius 3 is 2.89 bits per heavy atom. The molecule has 1 heterocycles. The summed E-state index contributed by atoms with van der Waals surface area (Å²) in [5.41, 5.74) is 9.02. The van der Waals surface area contributed by atoms with Gasteiger partial charge in [-0.05, 0) is 43.5 Å². The summed E-state index contributed by atoms with van der Waals surface area (Å²) >= 11 is 5.03. The Balaban J connectivity index is 2.18. The van der Waals surface area contributed by atoms with Crippen LogP contribution in [0.15, 0.2) is 18.2 Å². The predicted molar refractivity (Wildman–Crippen MR) is 79.3 cm³/mol. The van der Waals surface area contributed by atoms with E-state index in [-0.39, 0.29) is 0 Å². The van der Waals surface area contributed by atoms with Gasteiger partial charge in [-0.25, -0.2) is 0 Å². The largest absolute Gasteiger partial charge is 0.389 e. The number of hydrogen-bond acceptors (Lipinski definition) is 3. The van der Waals surface area contributed by atoms with Crippen molar-refractivity contribution in [1.82, 2.24) is 0 Å². The standard InChI is InChI=1S/C14H20N2OS/c1-10-8-11(5-6-13(10)14(15)18)16-7-3-4-12(9-16)17-2/h5-6,8,12H,3-4,7,9H2,1-2H3,(H2,15,18). The first-order valence-electron chi connectivity index (χ1n) is 6.30. The fraction of sp³-hybridized carbons (Fsp3) is 0.500. The van der Waals surface area contributed by atoms with Gasteiger partial charge in [0.1, 0.15) is 4.99 Å². The number of anilines is 1. The Morgan fingerprint density at radius 2 is 2.28 bits per heavy atom. The van der Waals surface area contributed by atoms with Crippen molar-refractivity contribution in [2.45, 2.75) is 25.9 Å². The van der Waals surface area contributed by atoms with Gasteiger partial charge in [0.25, 0.3) is 0 Å². The Hall–Kier alpha value is -1.13. The molecule has 1 aromatic carbocycles. The topological polar surface area (TPSA) is 38.5 Å². The number of aryl methyl sites for hydroxylation is 1. The van der Waals surface area contributed by atoms with Gasteiger partial charge in [0.05, 0.1) is 6.10 Å². The molecule has 18 heavy (non-hydrogen) atoms. The molecule has 1 aliphatic rings. The van der Waals surface area contributed by atoms with Gasteiger partial charge in [0.2, 0.25) is 0 Å². The van der Waals surface area contributed by atoms with Crippen molar-refractivity contribution in [2.24, 2.45) is 5.73 Å². The number of nitrogens with two attached hydrogens (primary N) is 1. The van der Waals surface area contributed by atoms with Crippen LogP contribution in [0.25, 0.3) is 0 Å². The Morgan fingerprint density at radius 1 is 1.50 bits per heavy atom. The molecular weight excluding hydrogens is 244 g/mol. The number of piperidine rings is 1. The van der Waals surface area contributed by atoms with Crippen LogP contribution in [0.2, 0.25) is 0 Å². The van der Waals surface area contributed by atoms with E-state index in [4.69, 9.17) is 22.7 Å². The third-order valence-electron chi connectivity index (χ3n) is 3.55. The maximum Gasteiger partial charge on any atom is 0.104 e. The van der Waals surface area contributed by atoms with Crippen LogP contribution in [-0.2, 0) is 4.74 Å². The molecule has 0 saturated carbocycles. The highest BCUT2D eigenvalue weighted by molar-refractivity contribution is 7.80. The summed E-state index contributed by atoms with van der Waals surface area (Å²) < 4.78 is 5.45. The Kier molecular flexibility index (Phi) is 4.19. The summed E-state index contributed by atoms with van der Waals surface area (Å²) in [5.74, 6) is 0. The monoisotopic (exact) mass is 264 g/mol. The molecule has 0 radical (unpaired) electrons.